The van der Waals surface area contributed by atoms with Crippen molar-refractivity contribution in [2.45, 2.75) is 37.4 Å². The highest BCUT2D eigenvalue weighted by Gasteiger charge is 2.40. The number of piperazine rings is 1. The van der Waals surface area contributed by atoms with E-state index < -0.39 is 0 Å². The van der Waals surface area contributed by atoms with E-state index in [1.54, 1.807) is 6.34 Å². The molecule has 1 aliphatic carbocycles. The first-order valence-corrected chi connectivity index (χ1v) is 8.96. The van der Waals surface area contributed by atoms with Crippen LogP contribution >= 0.6 is 0 Å². The lowest BCUT2D eigenvalue weighted by Crippen LogP contribution is -2.60. The van der Waals surface area contributed by atoms with Gasteiger partial charge in [-0.25, -0.2) is 9.98 Å². The number of rotatable bonds is 4. The number of fused-ring (bicyclic) bond motifs is 1. The lowest BCUT2D eigenvalue weighted by Gasteiger charge is -2.46. The Hall–Kier alpha value is -1.80. The average Bonchev–Trinajstić information content (AvgIpc) is 3.23. The summed E-state index contributed by atoms with van der Waals surface area (Å²) in [5, 5.41) is 9.97. The van der Waals surface area contributed by atoms with Gasteiger partial charge in [-0.1, -0.05) is 12.8 Å². The third-order valence-electron chi connectivity index (χ3n) is 5.78. The van der Waals surface area contributed by atoms with E-state index in [-0.39, 0.29) is 11.7 Å². The van der Waals surface area contributed by atoms with Gasteiger partial charge in [-0.3, -0.25) is 4.90 Å². The van der Waals surface area contributed by atoms with Gasteiger partial charge < -0.3 is 26.6 Å². The van der Waals surface area contributed by atoms with Crippen molar-refractivity contribution in [2.75, 3.05) is 39.8 Å². The summed E-state index contributed by atoms with van der Waals surface area (Å²) >= 11 is 0. The highest BCUT2D eigenvalue weighted by molar-refractivity contribution is 5.82. The van der Waals surface area contributed by atoms with E-state index in [0.717, 1.165) is 44.2 Å². The molecule has 8 nitrogen and oxygen atoms in total. The fourth-order valence-electron chi connectivity index (χ4n) is 4.30. The third kappa shape index (κ3) is 2.84. The third-order valence-corrected chi connectivity index (χ3v) is 5.78. The molecule has 3 heterocycles. The van der Waals surface area contributed by atoms with Crippen LogP contribution in [0.25, 0.3) is 0 Å². The molecule has 0 aromatic carbocycles. The van der Waals surface area contributed by atoms with Crippen molar-refractivity contribution in [1.82, 2.24) is 25.8 Å². The molecule has 1 saturated carbocycles. The van der Waals surface area contributed by atoms with Gasteiger partial charge in [-0.05, 0) is 19.9 Å². The smallest absolute Gasteiger partial charge is 0.196 e. The van der Waals surface area contributed by atoms with E-state index >= 15 is 0 Å². The van der Waals surface area contributed by atoms with Crippen LogP contribution in [0.4, 0.5) is 0 Å². The maximum atomic E-state index is 5.90. The van der Waals surface area contributed by atoms with Gasteiger partial charge in [0.2, 0.25) is 0 Å². The maximum Gasteiger partial charge on any atom is 0.196 e. The second kappa shape index (κ2) is 6.25. The maximum absolute atomic E-state index is 5.90. The fraction of sp³-hybridized carbons (Fsp3) is 0.750. The molecule has 5 N–H and O–H groups in total. The van der Waals surface area contributed by atoms with Crippen molar-refractivity contribution in [3.05, 3.63) is 11.5 Å². The van der Waals surface area contributed by atoms with E-state index in [1.807, 2.05) is 0 Å². The molecule has 0 aromatic heterocycles. The van der Waals surface area contributed by atoms with Crippen molar-refractivity contribution in [3.8, 4) is 0 Å². The van der Waals surface area contributed by atoms with Crippen LogP contribution in [-0.4, -0.2) is 73.6 Å². The van der Waals surface area contributed by atoms with Crippen molar-refractivity contribution in [1.29, 1.82) is 0 Å². The minimum atomic E-state index is -0.225. The molecule has 24 heavy (non-hydrogen) atoms. The molecular weight excluding hydrogens is 304 g/mol. The molecule has 132 valence electrons. The minimum Gasteiger partial charge on any atom is -0.370 e. The normalized spacial score (nSPS) is 29.9. The molecule has 1 unspecified atom stereocenters. The summed E-state index contributed by atoms with van der Waals surface area (Å²) in [6, 6.07) is 0. The number of hydrogen-bond donors (Lipinski definition) is 4. The second-order valence-electron chi connectivity index (χ2n) is 7.30. The molecule has 8 heteroatoms. The minimum absolute atomic E-state index is 0.225. The zero-order valence-electron chi connectivity index (χ0n) is 14.4. The second-order valence-corrected chi connectivity index (χ2v) is 7.30. The van der Waals surface area contributed by atoms with E-state index in [4.69, 9.17) is 5.73 Å². The molecular formula is C16H28N8. The first-order chi connectivity index (χ1) is 11.7. The molecule has 1 atom stereocenters. The highest BCUT2D eigenvalue weighted by Crippen LogP contribution is 2.35. The van der Waals surface area contributed by atoms with Crippen molar-refractivity contribution in [3.63, 3.8) is 0 Å². The first kappa shape index (κ1) is 15.7. The van der Waals surface area contributed by atoms with Gasteiger partial charge in [0.05, 0.1) is 6.34 Å². The van der Waals surface area contributed by atoms with Crippen LogP contribution in [0.3, 0.4) is 0 Å². The number of nitrogens with one attached hydrogen (secondary N) is 3. The molecule has 4 rings (SSSR count). The predicted octanol–water partition coefficient (Wildman–Crippen LogP) is -0.819. The SMILES string of the molecule is CN1CCN(C2(CNC3=C4NC=NC4N=C(N)N3)CCCC2)CC1. The largest absolute Gasteiger partial charge is 0.370 e. The van der Waals surface area contributed by atoms with Crippen molar-refractivity contribution >= 4 is 12.3 Å². The fourth-order valence-corrected chi connectivity index (χ4v) is 4.30. The molecule has 0 spiro atoms. The molecule has 4 aliphatic rings. The van der Waals surface area contributed by atoms with Crippen LogP contribution < -0.4 is 21.7 Å². The number of likely N-dealkylation sites (N-methyl/N-ethyl adjacent to an activating group) is 1. The Morgan fingerprint density at radius 2 is 2.04 bits per heavy atom. The first-order valence-electron chi connectivity index (χ1n) is 8.96. The predicted molar refractivity (Wildman–Crippen MR) is 95.5 cm³/mol. The lowest BCUT2D eigenvalue weighted by molar-refractivity contribution is 0.0440. The number of guanidine groups is 1. The summed E-state index contributed by atoms with van der Waals surface area (Å²) < 4.78 is 0. The van der Waals surface area contributed by atoms with Gasteiger partial charge in [0.15, 0.2) is 12.1 Å². The summed E-state index contributed by atoms with van der Waals surface area (Å²) in [6.45, 7) is 5.57. The zero-order chi connectivity index (χ0) is 16.6. The Morgan fingerprint density at radius 3 is 2.79 bits per heavy atom. The highest BCUT2D eigenvalue weighted by atomic mass is 15.3. The monoisotopic (exact) mass is 332 g/mol. The Morgan fingerprint density at radius 1 is 1.29 bits per heavy atom. The Kier molecular flexibility index (Phi) is 4.09. The van der Waals surface area contributed by atoms with Crippen LogP contribution in [0.1, 0.15) is 25.7 Å². The molecule has 3 aliphatic heterocycles. The van der Waals surface area contributed by atoms with Gasteiger partial charge in [0.25, 0.3) is 0 Å². The van der Waals surface area contributed by atoms with Gasteiger partial charge in [0, 0.05) is 38.3 Å². The molecule has 0 aromatic rings. The van der Waals surface area contributed by atoms with E-state index in [1.165, 1.54) is 25.7 Å². The zero-order valence-corrected chi connectivity index (χ0v) is 14.4. The van der Waals surface area contributed by atoms with Crippen LogP contribution in [0.5, 0.6) is 0 Å². The van der Waals surface area contributed by atoms with Gasteiger partial charge >= 0.3 is 0 Å². The summed E-state index contributed by atoms with van der Waals surface area (Å²) in [5.74, 6) is 1.34. The molecule has 0 amide bonds. The standard InChI is InChI=1S/C16H28N8/c1-23-6-8-24(9-7-23)16(4-2-3-5-16)10-18-13-12-14(20-11-19-12)22-15(17)21-13/h11,14,18H,2-10H2,1H3,(H,19,20)(H3,17,21,22). The van der Waals surface area contributed by atoms with E-state index in [0.29, 0.717) is 5.96 Å². The summed E-state index contributed by atoms with van der Waals surface area (Å²) in [5.41, 5.74) is 7.13. The van der Waals surface area contributed by atoms with Crippen LogP contribution in [0, 0.1) is 0 Å². The van der Waals surface area contributed by atoms with Crippen LogP contribution in [0.2, 0.25) is 0 Å². The topological polar surface area (TPSA) is 93.3 Å². The number of nitrogens with zero attached hydrogens (tertiary/aromatic N) is 4. The van der Waals surface area contributed by atoms with Gasteiger partial charge in [-0.15, -0.1) is 0 Å². The number of aliphatic imine (C=N–C) groups is 2. The number of nitrogens with two attached hydrogens (primary N) is 1. The Labute approximate surface area is 143 Å². The molecule has 0 bridgehead atoms. The molecule has 2 fully saturated rings. The molecule has 0 radical (unpaired) electrons. The van der Waals surface area contributed by atoms with E-state index in [9.17, 15) is 0 Å². The quantitative estimate of drug-likeness (QED) is 0.538. The van der Waals surface area contributed by atoms with Crippen molar-refractivity contribution < 1.29 is 0 Å². The van der Waals surface area contributed by atoms with E-state index in [2.05, 4.69) is 42.8 Å². The van der Waals surface area contributed by atoms with Crippen molar-refractivity contribution in [2.24, 2.45) is 15.7 Å². The number of hydrogen-bond acceptors (Lipinski definition) is 8. The van der Waals surface area contributed by atoms with Gasteiger partial charge in [0.1, 0.15) is 11.5 Å². The summed E-state index contributed by atoms with van der Waals surface area (Å²) in [6.07, 6.45) is 6.64. The average molecular weight is 332 g/mol. The Balaban J connectivity index is 1.46. The van der Waals surface area contributed by atoms with Crippen LogP contribution in [0.15, 0.2) is 21.5 Å². The van der Waals surface area contributed by atoms with Gasteiger partial charge in [-0.2, -0.15) is 0 Å². The lowest BCUT2D eigenvalue weighted by atomic mass is 9.93. The molecule has 1 saturated heterocycles. The summed E-state index contributed by atoms with van der Waals surface area (Å²) in [4.78, 5) is 13.7. The Bertz CT molecular complexity index is 567. The van der Waals surface area contributed by atoms with Crippen LogP contribution in [-0.2, 0) is 0 Å². The summed E-state index contributed by atoms with van der Waals surface area (Å²) in [7, 11) is 2.21.